The number of halogens is 1. The van der Waals surface area contributed by atoms with Crippen molar-refractivity contribution in [2.45, 2.75) is 20.8 Å². The molecule has 0 rings (SSSR count). The van der Waals surface area contributed by atoms with Gasteiger partial charge >= 0.3 is 0 Å². The summed E-state index contributed by atoms with van der Waals surface area (Å²) in [4.78, 5) is 0. The average molecular weight is 137 g/mol. The van der Waals surface area contributed by atoms with Gasteiger partial charge < -0.3 is 0 Å². The Morgan fingerprint density at radius 3 is 1.86 bits per heavy atom. The van der Waals surface area contributed by atoms with E-state index in [2.05, 4.69) is 26.6 Å². The van der Waals surface area contributed by atoms with Gasteiger partial charge in [-0.1, -0.05) is 32.0 Å². The Hall–Kier alpha value is 0.460. The Balaban J connectivity index is 3.56. The summed E-state index contributed by atoms with van der Waals surface area (Å²) in [6.45, 7) is 6.38. The Labute approximate surface area is 51.5 Å². The third-order valence-corrected chi connectivity index (χ3v) is 1.60. The van der Waals surface area contributed by atoms with E-state index in [0.29, 0.717) is 0 Å². The fourth-order valence-corrected chi connectivity index (χ4v) is 1.32. The lowest BCUT2D eigenvalue weighted by molar-refractivity contribution is 0.615. The Morgan fingerprint density at radius 1 is 1.43 bits per heavy atom. The fourth-order valence-electron chi connectivity index (χ4n) is 0.146. The van der Waals surface area contributed by atoms with Crippen molar-refractivity contribution >= 4 is 24.6 Å². The van der Waals surface area contributed by atoms with Crippen LogP contribution < -0.4 is 0 Å². The molecule has 0 heterocycles. The molecule has 0 bridgehead atoms. The molecule has 0 saturated carbocycles. The minimum atomic E-state index is 0.281. The summed E-state index contributed by atoms with van der Waals surface area (Å²) in [6.07, 6.45) is 0. The molecule has 0 atom stereocenters. The van der Waals surface area contributed by atoms with Crippen molar-refractivity contribution in [2.24, 2.45) is 5.41 Å². The van der Waals surface area contributed by atoms with Crippen molar-refractivity contribution in [3.63, 3.8) is 0 Å². The maximum Gasteiger partial charge on any atom is 0.00171 e. The van der Waals surface area contributed by atoms with Crippen molar-refractivity contribution in [1.82, 2.24) is 0 Å². The van der Waals surface area contributed by atoms with Crippen LogP contribution in [-0.4, -0.2) is 5.80 Å². The van der Waals surface area contributed by atoms with Crippen LogP contribution in [0, 0.1) is 5.41 Å². The molecule has 0 unspecified atom stereocenters. The van der Waals surface area contributed by atoms with Crippen LogP contribution in [-0.2, 0) is 0 Å². The maximum atomic E-state index is 5.40. The van der Waals surface area contributed by atoms with E-state index in [9.17, 15) is 0 Å². The molecule has 0 nitrogen and oxygen atoms in total. The molecule has 0 aliphatic rings. The highest BCUT2D eigenvalue weighted by Gasteiger charge is 2.02. The molecule has 42 valence electrons. The van der Waals surface area contributed by atoms with Crippen molar-refractivity contribution in [1.29, 1.82) is 0 Å². The van der Waals surface area contributed by atoms with Crippen LogP contribution >= 0.6 is 18.8 Å². The first-order valence-corrected chi connectivity index (χ1v) is 4.08. The third kappa shape index (κ3) is 6.46. The summed E-state index contributed by atoms with van der Waals surface area (Å²) < 4.78 is 0. The van der Waals surface area contributed by atoms with Crippen LogP contribution in [0.2, 0.25) is 0 Å². The highest BCUT2D eigenvalue weighted by molar-refractivity contribution is 7.67. The summed E-state index contributed by atoms with van der Waals surface area (Å²) in [5, 5.41) is 0. The molecule has 0 aromatic rings. The second-order valence-corrected chi connectivity index (χ2v) is 3.63. The van der Waals surface area contributed by atoms with Gasteiger partial charge in [0, 0.05) is 7.56 Å². The molecule has 0 aromatic heterocycles. The van der Waals surface area contributed by atoms with Crippen LogP contribution in [0.3, 0.4) is 0 Å². The minimum Gasteiger partial charge on any atom is -0.0575 e. The zero-order valence-electron chi connectivity index (χ0n) is 4.90. The number of hydrogen-bond donors (Lipinski definition) is 0. The first-order chi connectivity index (χ1) is 3.06. The van der Waals surface area contributed by atoms with Crippen LogP contribution in [0.4, 0.5) is 0 Å². The number of hydrogen-bond acceptors (Lipinski definition) is 0. The molecule has 0 N–H and O–H groups in total. The molecule has 0 aliphatic carbocycles. The minimum absolute atomic E-state index is 0.281. The monoisotopic (exact) mass is 136 g/mol. The van der Waals surface area contributed by atoms with Gasteiger partial charge in [-0.2, -0.15) is 0 Å². The summed E-state index contributed by atoms with van der Waals surface area (Å²) in [6, 6.07) is 0. The van der Waals surface area contributed by atoms with Crippen LogP contribution in [0.1, 0.15) is 20.8 Å². The van der Waals surface area contributed by atoms with Gasteiger partial charge in [0.15, 0.2) is 0 Å². The van der Waals surface area contributed by atoms with Crippen LogP contribution in [0.5, 0.6) is 0 Å². The molecule has 0 saturated heterocycles. The summed E-state index contributed by atoms with van der Waals surface area (Å²) in [7, 11) is 0.856. The maximum absolute atomic E-state index is 5.40. The molecule has 0 spiro atoms. The molecular formula is C5H10ClP. The molecule has 0 amide bonds. The van der Waals surface area contributed by atoms with Gasteiger partial charge in [0.05, 0.1) is 0 Å². The van der Waals surface area contributed by atoms with E-state index in [1.54, 1.807) is 0 Å². The molecule has 0 fully saturated rings. The van der Waals surface area contributed by atoms with E-state index in [0.717, 1.165) is 7.56 Å². The van der Waals surface area contributed by atoms with Gasteiger partial charge in [-0.25, -0.2) is 0 Å². The Kier molecular flexibility index (Phi) is 2.87. The second kappa shape index (κ2) is 2.69. The van der Waals surface area contributed by atoms with E-state index in [1.807, 2.05) is 0 Å². The van der Waals surface area contributed by atoms with E-state index in [4.69, 9.17) is 11.2 Å². The fraction of sp³-hybridized carbons (Fsp3) is 0.800. The summed E-state index contributed by atoms with van der Waals surface area (Å²) in [5.74, 6) is 2.05. The van der Waals surface area contributed by atoms with Crippen molar-refractivity contribution < 1.29 is 0 Å². The molecule has 0 radical (unpaired) electrons. The molecular weight excluding hydrogens is 126 g/mol. The lowest BCUT2D eigenvalue weighted by Gasteiger charge is -2.08. The predicted octanol–water partition coefficient (Wildman–Crippen LogP) is 2.93. The molecule has 0 aromatic carbocycles. The van der Waals surface area contributed by atoms with Gasteiger partial charge in [-0.05, 0) is 11.2 Å². The van der Waals surface area contributed by atoms with E-state index in [1.165, 1.54) is 0 Å². The SMILES string of the molecule is CC(C)(C)C=PCl. The predicted molar refractivity (Wildman–Crippen MR) is 38.3 cm³/mol. The topological polar surface area (TPSA) is 0 Å². The van der Waals surface area contributed by atoms with E-state index < -0.39 is 0 Å². The number of rotatable bonds is 0. The largest absolute Gasteiger partial charge is 0.0575 e. The third-order valence-electron chi connectivity index (χ3n) is 0.436. The Bertz CT molecular complexity index is 70.6. The summed E-state index contributed by atoms with van der Waals surface area (Å²) >= 11 is 5.40. The zero-order valence-corrected chi connectivity index (χ0v) is 6.55. The molecule has 7 heavy (non-hydrogen) atoms. The van der Waals surface area contributed by atoms with Gasteiger partial charge in [0.2, 0.25) is 0 Å². The standard InChI is InChI=1S/C5H10ClP/c1-5(2,3)4-7-6/h4H,1-3H3. The first-order valence-electron chi connectivity index (χ1n) is 2.22. The van der Waals surface area contributed by atoms with Crippen molar-refractivity contribution in [3.05, 3.63) is 0 Å². The molecule has 2 heteroatoms. The normalized spacial score (nSPS) is 13.1. The van der Waals surface area contributed by atoms with Gasteiger partial charge in [0.1, 0.15) is 0 Å². The Morgan fingerprint density at radius 2 is 1.86 bits per heavy atom. The lowest BCUT2D eigenvalue weighted by Crippen LogP contribution is -2.03. The van der Waals surface area contributed by atoms with Crippen LogP contribution in [0.15, 0.2) is 0 Å². The average Bonchev–Trinajstić information content (AvgIpc) is 1.30. The zero-order chi connectivity index (χ0) is 5.91. The summed E-state index contributed by atoms with van der Waals surface area (Å²) in [5.41, 5.74) is 0.281. The molecule has 0 aliphatic heterocycles. The van der Waals surface area contributed by atoms with Crippen molar-refractivity contribution in [3.8, 4) is 0 Å². The first kappa shape index (κ1) is 7.46. The van der Waals surface area contributed by atoms with Gasteiger partial charge in [-0.3, -0.25) is 0 Å². The van der Waals surface area contributed by atoms with E-state index >= 15 is 0 Å². The van der Waals surface area contributed by atoms with Crippen molar-refractivity contribution in [2.75, 3.05) is 0 Å². The quantitative estimate of drug-likeness (QED) is 0.449. The van der Waals surface area contributed by atoms with Gasteiger partial charge in [-0.15, -0.1) is 0 Å². The highest BCUT2D eigenvalue weighted by atomic mass is 35.7. The lowest BCUT2D eigenvalue weighted by atomic mass is 10.0. The smallest absolute Gasteiger partial charge is 0.00171 e. The van der Waals surface area contributed by atoms with Gasteiger partial charge in [0.25, 0.3) is 0 Å². The van der Waals surface area contributed by atoms with Crippen LogP contribution in [0.25, 0.3) is 0 Å². The highest BCUT2D eigenvalue weighted by Crippen LogP contribution is 2.14. The second-order valence-electron chi connectivity index (χ2n) is 2.59. The van der Waals surface area contributed by atoms with E-state index in [-0.39, 0.29) is 5.41 Å².